The first-order valence-electron chi connectivity index (χ1n) is 4.42. The van der Waals surface area contributed by atoms with Crippen LogP contribution in [-0.4, -0.2) is 23.8 Å². The number of unbranched alkanes of at least 4 members (excludes halogenated alkanes) is 2. The third-order valence-electron chi connectivity index (χ3n) is 1.49. The molecular weight excluding hydrogens is 138 g/mol. The highest BCUT2D eigenvalue weighted by Crippen LogP contribution is 1.99. The lowest BCUT2D eigenvalue weighted by molar-refractivity contribution is 0.281. The first-order chi connectivity index (χ1) is 5.06. The molecule has 0 radical (unpaired) electrons. The van der Waals surface area contributed by atoms with Crippen molar-refractivity contribution >= 4 is 0 Å². The topological polar surface area (TPSA) is 32.3 Å². The van der Waals surface area contributed by atoms with E-state index in [2.05, 4.69) is 26.1 Å². The quantitative estimate of drug-likeness (QED) is 0.596. The lowest BCUT2D eigenvalue weighted by Gasteiger charge is -2.20. The molecule has 0 rings (SSSR count). The van der Waals surface area contributed by atoms with Gasteiger partial charge in [0.25, 0.3) is 0 Å². The zero-order valence-electron chi connectivity index (χ0n) is 7.98. The van der Waals surface area contributed by atoms with Gasteiger partial charge in [0, 0.05) is 12.1 Å². The monoisotopic (exact) mass is 159 g/mol. The van der Waals surface area contributed by atoms with Crippen LogP contribution < -0.4 is 5.32 Å². The molecule has 68 valence electrons. The molecule has 2 nitrogen and oxygen atoms in total. The Morgan fingerprint density at radius 3 is 2.18 bits per heavy atom. The third kappa shape index (κ3) is 9.92. The second-order valence-corrected chi connectivity index (χ2v) is 3.96. The van der Waals surface area contributed by atoms with Gasteiger partial charge in [-0.1, -0.05) is 0 Å². The maximum Gasteiger partial charge on any atom is 0.0431 e. The first-order valence-corrected chi connectivity index (χ1v) is 4.42. The van der Waals surface area contributed by atoms with E-state index >= 15 is 0 Å². The maximum absolute atomic E-state index is 8.51. The predicted molar refractivity (Wildman–Crippen MR) is 48.7 cm³/mol. The molecule has 0 saturated heterocycles. The highest BCUT2D eigenvalue weighted by molar-refractivity contribution is 4.69. The molecule has 0 aromatic carbocycles. The number of aliphatic hydroxyl groups excluding tert-OH is 1. The molecule has 0 atom stereocenters. The van der Waals surface area contributed by atoms with Gasteiger partial charge in [-0.05, 0) is 46.6 Å². The van der Waals surface area contributed by atoms with Gasteiger partial charge >= 0.3 is 0 Å². The van der Waals surface area contributed by atoms with Crippen molar-refractivity contribution in [1.29, 1.82) is 0 Å². The van der Waals surface area contributed by atoms with E-state index in [0.29, 0.717) is 6.61 Å². The minimum absolute atomic E-state index is 0.235. The van der Waals surface area contributed by atoms with Gasteiger partial charge in [-0.25, -0.2) is 0 Å². The zero-order valence-corrected chi connectivity index (χ0v) is 7.98. The van der Waals surface area contributed by atoms with Gasteiger partial charge in [0.1, 0.15) is 0 Å². The van der Waals surface area contributed by atoms with Crippen LogP contribution in [0.2, 0.25) is 0 Å². The molecule has 0 aromatic heterocycles. The van der Waals surface area contributed by atoms with Crippen molar-refractivity contribution in [3.05, 3.63) is 0 Å². The zero-order chi connectivity index (χ0) is 8.74. The first kappa shape index (κ1) is 10.9. The Hall–Kier alpha value is -0.0800. The summed E-state index contributed by atoms with van der Waals surface area (Å²) in [5.74, 6) is 0. The fourth-order valence-electron chi connectivity index (χ4n) is 0.877. The van der Waals surface area contributed by atoms with Crippen molar-refractivity contribution in [2.75, 3.05) is 13.2 Å². The van der Waals surface area contributed by atoms with E-state index in [-0.39, 0.29) is 5.54 Å². The van der Waals surface area contributed by atoms with Gasteiger partial charge in [-0.15, -0.1) is 0 Å². The van der Waals surface area contributed by atoms with Gasteiger partial charge in [0.15, 0.2) is 0 Å². The number of rotatable bonds is 5. The SMILES string of the molecule is CC(C)(C)NCCCCCO. The highest BCUT2D eigenvalue weighted by Gasteiger charge is 2.06. The van der Waals surface area contributed by atoms with Crippen LogP contribution in [0.5, 0.6) is 0 Å². The van der Waals surface area contributed by atoms with E-state index in [1.165, 1.54) is 0 Å². The minimum atomic E-state index is 0.235. The molecule has 0 bridgehead atoms. The molecule has 0 heterocycles. The van der Waals surface area contributed by atoms with E-state index < -0.39 is 0 Å². The molecule has 0 spiro atoms. The van der Waals surface area contributed by atoms with Gasteiger partial charge in [0.05, 0.1) is 0 Å². The van der Waals surface area contributed by atoms with E-state index in [0.717, 1.165) is 25.8 Å². The van der Waals surface area contributed by atoms with Crippen molar-refractivity contribution in [2.24, 2.45) is 0 Å². The van der Waals surface area contributed by atoms with Crippen LogP contribution in [0.1, 0.15) is 40.0 Å². The summed E-state index contributed by atoms with van der Waals surface area (Å²) in [5, 5.41) is 11.9. The third-order valence-corrected chi connectivity index (χ3v) is 1.49. The van der Waals surface area contributed by atoms with Gasteiger partial charge < -0.3 is 10.4 Å². The number of hydrogen-bond donors (Lipinski definition) is 2. The maximum atomic E-state index is 8.51. The molecule has 0 aliphatic rings. The molecule has 11 heavy (non-hydrogen) atoms. The second-order valence-electron chi connectivity index (χ2n) is 3.96. The van der Waals surface area contributed by atoms with Gasteiger partial charge in [-0.2, -0.15) is 0 Å². The van der Waals surface area contributed by atoms with Crippen molar-refractivity contribution < 1.29 is 5.11 Å². The lowest BCUT2D eigenvalue weighted by atomic mass is 10.1. The Labute approximate surface area is 70.0 Å². The van der Waals surface area contributed by atoms with Crippen LogP contribution in [0.15, 0.2) is 0 Å². The van der Waals surface area contributed by atoms with E-state index in [1.807, 2.05) is 0 Å². The van der Waals surface area contributed by atoms with Crippen LogP contribution in [0.25, 0.3) is 0 Å². The summed E-state index contributed by atoms with van der Waals surface area (Å²) in [6.07, 6.45) is 3.23. The molecule has 0 amide bonds. The number of aliphatic hydroxyl groups is 1. The normalized spacial score (nSPS) is 12.0. The second kappa shape index (κ2) is 5.56. The Kier molecular flexibility index (Phi) is 5.51. The largest absolute Gasteiger partial charge is 0.396 e. The fourth-order valence-corrected chi connectivity index (χ4v) is 0.877. The summed E-state index contributed by atoms with van der Waals surface area (Å²) >= 11 is 0. The number of hydrogen-bond acceptors (Lipinski definition) is 2. The molecule has 0 aromatic rings. The van der Waals surface area contributed by atoms with Crippen LogP contribution in [0.3, 0.4) is 0 Å². The minimum Gasteiger partial charge on any atom is -0.396 e. The lowest BCUT2D eigenvalue weighted by Crippen LogP contribution is -2.36. The van der Waals surface area contributed by atoms with Gasteiger partial charge in [-0.3, -0.25) is 0 Å². The van der Waals surface area contributed by atoms with Crippen molar-refractivity contribution in [1.82, 2.24) is 5.32 Å². The van der Waals surface area contributed by atoms with Crippen LogP contribution in [-0.2, 0) is 0 Å². The number of nitrogens with one attached hydrogen (secondary N) is 1. The predicted octanol–water partition coefficient (Wildman–Crippen LogP) is 1.54. The molecule has 0 aliphatic heterocycles. The summed E-state index contributed by atoms with van der Waals surface area (Å²) in [4.78, 5) is 0. The summed E-state index contributed by atoms with van der Waals surface area (Å²) < 4.78 is 0. The van der Waals surface area contributed by atoms with E-state index in [1.54, 1.807) is 0 Å². The molecule has 0 unspecified atom stereocenters. The summed E-state index contributed by atoms with van der Waals surface area (Å²) in [6.45, 7) is 7.89. The summed E-state index contributed by atoms with van der Waals surface area (Å²) in [6, 6.07) is 0. The molecule has 0 saturated carbocycles. The molecular formula is C9H21NO. The van der Waals surface area contributed by atoms with Crippen molar-refractivity contribution in [3.8, 4) is 0 Å². The summed E-state index contributed by atoms with van der Waals surface area (Å²) in [5.41, 5.74) is 0.235. The Bertz CT molecular complexity index is 86.1. The van der Waals surface area contributed by atoms with Crippen molar-refractivity contribution in [2.45, 2.75) is 45.6 Å². The molecule has 2 heteroatoms. The average molecular weight is 159 g/mol. The smallest absolute Gasteiger partial charge is 0.0431 e. The summed E-state index contributed by atoms with van der Waals surface area (Å²) in [7, 11) is 0. The Balaban J connectivity index is 3.02. The highest BCUT2D eigenvalue weighted by atomic mass is 16.2. The fraction of sp³-hybridized carbons (Fsp3) is 1.00. The molecule has 0 aliphatic carbocycles. The van der Waals surface area contributed by atoms with Crippen molar-refractivity contribution in [3.63, 3.8) is 0 Å². The van der Waals surface area contributed by atoms with E-state index in [9.17, 15) is 0 Å². The van der Waals surface area contributed by atoms with Gasteiger partial charge in [0.2, 0.25) is 0 Å². The standard InChI is InChI=1S/C9H21NO/c1-9(2,3)10-7-5-4-6-8-11/h10-11H,4-8H2,1-3H3. The molecule has 2 N–H and O–H groups in total. The molecule has 0 fully saturated rings. The average Bonchev–Trinajstić information content (AvgIpc) is 1.85. The Morgan fingerprint density at radius 2 is 1.73 bits per heavy atom. The van der Waals surface area contributed by atoms with Crippen LogP contribution >= 0.6 is 0 Å². The van der Waals surface area contributed by atoms with Crippen LogP contribution in [0.4, 0.5) is 0 Å². The van der Waals surface area contributed by atoms with E-state index in [4.69, 9.17) is 5.11 Å². The Morgan fingerprint density at radius 1 is 1.09 bits per heavy atom. The van der Waals surface area contributed by atoms with Crippen LogP contribution in [0, 0.1) is 0 Å².